The van der Waals surface area contributed by atoms with Crippen molar-refractivity contribution in [3.05, 3.63) is 27.7 Å². The predicted molar refractivity (Wildman–Crippen MR) is 69.5 cm³/mol. The van der Waals surface area contributed by atoms with E-state index in [1.165, 1.54) is 5.56 Å². The van der Waals surface area contributed by atoms with Crippen molar-refractivity contribution in [3.8, 4) is 0 Å². The molecule has 0 saturated carbocycles. The minimum atomic E-state index is -0.876. The van der Waals surface area contributed by atoms with Crippen LogP contribution in [0.25, 0.3) is 0 Å². The van der Waals surface area contributed by atoms with Gasteiger partial charge in [0.25, 0.3) is 0 Å². The lowest BCUT2D eigenvalue weighted by Gasteiger charge is -2.32. The van der Waals surface area contributed by atoms with E-state index in [2.05, 4.69) is 29.8 Å². The zero-order chi connectivity index (χ0) is 11.9. The van der Waals surface area contributed by atoms with E-state index >= 15 is 0 Å². The molecule has 1 N–H and O–H groups in total. The monoisotopic (exact) mass is 300 g/mol. The van der Waals surface area contributed by atoms with Crippen molar-refractivity contribution in [2.24, 2.45) is 0 Å². The van der Waals surface area contributed by atoms with Crippen LogP contribution in [-0.4, -0.2) is 16.8 Å². The molecule has 0 unspecified atom stereocenters. The summed E-state index contributed by atoms with van der Waals surface area (Å²) in [6.07, 6.45) is 1.13. The van der Waals surface area contributed by atoms with E-state index in [9.17, 15) is 4.79 Å². The van der Waals surface area contributed by atoms with Crippen molar-refractivity contribution < 1.29 is 9.90 Å². The van der Waals surface area contributed by atoms with Gasteiger partial charge in [0.15, 0.2) is 0 Å². The van der Waals surface area contributed by atoms with Crippen LogP contribution in [0.15, 0.2) is 21.5 Å². The fraction of sp³-hybridized carbons (Fsp3) is 0.417. The summed E-state index contributed by atoms with van der Waals surface area (Å²) in [5.74, 6) is 0.180. The van der Waals surface area contributed by atoms with Gasteiger partial charge in [-0.15, -0.1) is 11.8 Å². The molecular weight excluding hydrogens is 288 g/mol. The second-order valence-electron chi connectivity index (χ2n) is 4.62. The van der Waals surface area contributed by atoms with E-state index in [0.29, 0.717) is 10.0 Å². The highest BCUT2D eigenvalue weighted by molar-refractivity contribution is 9.10. The van der Waals surface area contributed by atoms with Gasteiger partial charge in [0.05, 0.1) is 5.56 Å². The zero-order valence-electron chi connectivity index (χ0n) is 9.21. The first kappa shape index (κ1) is 12.0. The van der Waals surface area contributed by atoms with Gasteiger partial charge >= 0.3 is 5.97 Å². The molecule has 0 radical (unpaired) electrons. The van der Waals surface area contributed by atoms with Crippen molar-refractivity contribution in [1.82, 2.24) is 0 Å². The van der Waals surface area contributed by atoms with Crippen LogP contribution in [0.1, 0.15) is 36.2 Å². The van der Waals surface area contributed by atoms with Crippen molar-refractivity contribution in [2.45, 2.75) is 30.6 Å². The predicted octanol–water partition coefficient (Wildman–Crippen LogP) is 3.92. The molecule has 2 rings (SSSR count). The van der Waals surface area contributed by atoms with Crippen LogP contribution in [0.4, 0.5) is 0 Å². The molecule has 0 spiro atoms. The van der Waals surface area contributed by atoms with Crippen LogP contribution in [0.5, 0.6) is 0 Å². The Balaban J connectivity index is 2.60. The minimum Gasteiger partial charge on any atom is -0.478 e. The second kappa shape index (κ2) is 4.08. The topological polar surface area (TPSA) is 37.3 Å². The number of hydrogen-bond donors (Lipinski definition) is 1. The molecule has 0 aromatic heterocycles. The fourth-order valence-corrected chi connectivity index (χ4v) is 3.95. The van der Waals surface area contributed by atoms with Gasteiger partial charge in [-0.1, -0.05) is 13.8 Å². The SMILES string of the molecule is CC1(C)CCSc2cc(C(=O)O)c(Br)cc21. The normalized spacial score (nSPS) is 17.9. The van der Waals surface area contributed by atoms with Crippen LogP contribution in [0, 0.1) is 0 Å². The second-order valence-corrected chi connectivity index (χ2v) is 6.61. The Kier molecular flexibility index (Phi) is 3.05. The third-order valence-electron chi connectivity index (χ3n) is 3.01. The number of fused-ring (bicyclic) bond motifs is 1. The van der Waals surface area contributed by atoms with Gasteiger partial charge in [-0.2, -0.15) is 0 Å². The highest BCUT2D eigenvalue weighted by atomic mass is 79.9. The number of carboxylic acid groups (broad SMARTS) is 1. The summed E-state index contributed by atoms with van der Waals surface area (Å²) in [5.41, 5.74) is 1.74. The average Bonchev–Trinajstić information content (AvgIpc) is 2.17. The van der Waals surface area contributed by atoms with Crippen molar-refractivity contribution in [2.75, 3.05) is 5.75 Å². The first-order valence-corrected chi connectivity index (χ1v) is 6.90. The summed E-state index contributed by atoms with van der Waals surface area (Å²) in [6.45, 7) is 4.41. The van der Waals surface area contributed by atoms with Gasteiger partial charge < -0.3 is 5.11 Å². The lowest BCUT2D eigenvalue weighted by atomic mass is 9.81. The molecule has 0 aliphatic carbocycles. The Morgan fingerprint density at radius 1 is 1.50 bits per heavy atom. The van der Waals surface area contributed by atoms with E-state index in [4.69, 9.17) is 5.11 Å². The van der Waals surface area contributed by atoms with E-state index < -0.39 is 5.97 Å². The molecule has 4 heteroatoms. The largest absolute Gasteiger partial charge is 0.478 e. The Morgan fingerprint density at radius 3 is 2.81 bits per heavy atom. The summed E-state index contributed by atoms with van der Waals surface area (Å²) >= 11 is 5.08. The van der Waals surface area contributed by atoms with Gasteiger partial charge in [0, 0.05) is 9.37 Å². The average molecular weight is 301 g/mol. The van der Waals surface area contributed by atoms with Gasteiger partial charge in [-0.3, -0.25) is 0 Å². The molecule has 16 heavy (non-hydrogen) atoms. The molecule has 0 saturated heterocycles. The van der Waals surface area contributed by atoms with Gasteiger partial charge in [-0.05, 0) is 51.2 Å². The molecule has 1 aliphatic rings. The molecule has 1 aliphatic heterocycles. The number of carboxylic acids is 1. The number of benzene rings is 1. The first-order valence-electron chi connectivity index (χ1n) is 5.12. The summed E-state index contributed by atoms with van der Waals surface area (Å²) < 4.78 is 0.675. The lowest BCUT2D eigenvalue weighted by molar-refractivity contribution is 0.0695. The molecule has 2 nitrogen and oxygen atoms in total. The van der Waals surface area contributed by atoms with Crippen molar-refractivity contribution in [1.29, 1.82) is 0 Å². The standard InChI is InChI=1S/C12H13BrO2S/c1-12(2)3-4-16-10-5-7(11(14)15)9(13)6-8(10)12/h5-6H,3-4H2,1-2H3,(H,14,15). The number of aromatic carboxylic acids is 1. The molecule has 1 heterocycles. The highest BCUT2D eigenvalue weighted by Gasteiger charge is 2.29. The number of rotatable bonds is 1. The van der Waals surface area contributed by atoms with Crippen molar-refractivity contribution >= 4 is 33.7 Å². The Labute approximate surface area is 108 Å². The summed E-state index contributed by atoms with van der Waals surface area (Å²) in [6, 6.07) is 3.75. The molecule has 86 valence electrons. The van der Waals surface area contributed by atoms with E-state index in [1.807, 2.05) is 6.07 Å². The number of hydrogen-bond acceptors (Lipinski definition) is 2. The quantitative estimate of drug-likeness (QED) is 0.854. The van der Waals surface area contributed by atoms with Crippen LogP contribution < -0.4 is 0 Å². The van der Waals surface area contributed by atoms with E-state index in [-0.39, 0.29) is 5.41 Å². The Morgan fingerprint density at radius 2 is 2.19 bits per heavy atom. The first-order chi connectivity index (χ1) is 7.42. The molecular formula is C12H13BrO2S. The molecule has 1 aromatic rings. The summed E-state index contributed by atoms with van der Waals surface area (Å²) in [5, 5.41) is 9.06. The smallest absolute Gasteiger partial charge is 0.336 e. The third-order valence-corrected chi connectivity index (χ3v) is 4.73. The molecule has 1 aromatic carbocycles. The van der Waals surface area contributed by atoms with E-state index in [0.717, 1.165) is 17.1 Å². The third kappa shape index (κ3) is 2.00. The molecule has 0 fully saturated rings. The van der Waals surface area contributed by atoms with Crippen LogP contribution in [-0.2, 0) is 5.41 Å². The Hall–Kier alpha value is -0.480. The fourth-order valence-electron chi connectivity index (χ4n) is 1.92. The Bertz CT molecular complexity index is 455. The van der Waals surface area contributed by atoms with Crippen LogP contribution in [0.2, 0.25) is 0 Å². The van der Waals surface area contributed by atoms with Crippen molar-refractivity contribution in [3.63, 3.8) is 0 Å². The maximum Gasteiger partial charge on any atom is 0.336 e. The minimum absolute atomic E-state index is 0.139. The molecule has 0 atom stereocenters. The van der Waals surface area contributed by atoms with Gasteiger partial charge in [0.1, 0.15) is 0 Å². The van der Waals surface area contributed by atoms with Gasteiger partial charge in [0.2, 0.25) is 0 Å². The highest BCUT2D eigenvalue weighted by Crippen LogP contribution is 2.43. The van der Waals surface area contributed by atoms with E-state index in [1.54, 1.807) is 17.8 Å². The summed E-state index contributed by atoms with van der Waals surface area (Å²) in [7, 11) is 0. The van der Waals surface area contributed by atoms with Gasteiger partial charge in [-0.25, -0.2) is 4.79 Å². The van der Waals surface area contributed by atoms with Crippen LogP contribution in [0.3, 0.4) is 0 Å². The maximum atomic E-state index is 11.0. The summed E-state index contributed by atoms with van der Waals surface area (Å²) in [4.78, 5) is 12.1. The molecule has 0 amide bonds. The number of halogens is 1. The maximum absolute atomic E-state index is 11.0. The lowest BCUT2D eigenvalue weighted by Crippen LogP contribution is -2.23. The van der Waals surface area contributed by atoms with Crippen LogP contribution >= 0.6 is 27.7 Å². The number of carbonyl (C=O) groups is 1. The zero-order valence-corrected chi connectivity index (χ0v) is 11.6. The molecule has 0 bridgehead atoms. The number of thioether (sulfide) groups is 1.